The van der Waals surface area contributed by atoms with Gasteiger partial charge in [-0.25, -0.2) is 9.97 Å². The van der Waals surface area contributed by atoms with Crippen LogP contribution in [-0.4, -0.2) is 33.7 Å². The van der Waals surface area contributed by atoms with Crippen LogP contribution in [-0.2, 0) is 4.79 Å². The maximum Gasteiger partial charge on any atom is 0.271 e. The third-order valence-electron chi connectivity index (χ3n) is 2.77. The summed E-state index contributed by atoms with van der Waals surface area (Å²) in [7, 11) is 1.43. The fourth-order valence-corrected chi connectivity index (χ4v) is 2.46. The van der Waals surface area contributed by atoms with Gasteiger partial charge in [-0.3, -0.25) is 14.9 Å². The molecular formula is C14H14N4O4S. The Balaban J connectivity index is 1.94. The number of nitro groups is 1. The Kier molecular flexibility index (Phi) is 5.87. The first-order valence-corrected chi connectivity index (χ1v) is 7.61. The number of carbonyl (C=O) groups is 1. The molecule has 0 radical (unpaired) electrons. The number of hydrogen-bond donors (Lipinski definition) is 1. The maximum absolute atomic E-state index is 12.0. The average molecular weight is 334 g/mol. The number of rotatable bonds is 7. The first kappa shape index (κ1) is 16.7. The van der Waals surface area contributed by atoms with E-state index in [1.165, 1.54) is 37.1 Å². The lowest BCUT2D eigenvalue weighted by Gasteiger charge is -2.09. The summed E-state index contributed by atoms with van der Waals surface area (Å²) < 4.78 is 5.09. The van der Waals surface area contributed by atoms with E-state index in [1.807, 2.05) is 0 Å². The molecule has 1 aromatic heterocycles. The number of nitrogens with one attached hydrogen (secondary N) is 1. The second-order valence-corrected chi connectivity index (χ2v) is 5.38. The number of thioether (sulfide) groups is 1. The van der Waals surface area contributed by atoms with Crippen LogP contribution in [0.15, 0.2) is 41.8 Å². The predicted molar refractivity (Wildman–Crippen MR) is 85.7 cm³/mol. The Hall–Kier alpha value is -2.68. The van der Waals surface area contributed by atoms with E-state index in [9.17, 15) is 14.9 Å². The number of methoxy groups -OCH3 is 1. The molecule has 1 N–H and O–H groups in total. The molecule has 0 aliphatic carbocycles. The zero-order valence-electron chi connectivity index (χ0n) is 12.3. The van der Waals surface area contributed by atoms with Crippen molar-refractivity contribution >= 4 is 29.0 Å². The van der Waals surface area contributed by atoms with Gasteiger partial charge in [0.1, 0.15) is 5.75 Å². The monoisotopic (exact) mass is 334 g/mol. The van der Waals surface area contributed by atoms with E-state index in [4.69, 9.17) is 4.74 Å². The van der Waals surface area contributed by atoms with Crippen LogP contribution in [0, 0.1) is 10.1 Å². The lowest BCUT2D eigenvalue weighted by Crippen LogP contribution is -2.13. The van der Waals surface area contributed by atoms with E-state index in [-0.39, 0.29) is 23.7 Å². The molecule has 1 heterocycles. The SMILES string of the molecule is COc1ccc([N+](=O)[O-])cc1NC(=O)CCSc1ncccn1. The minimum absolute atomic E-state index is 0.117. The van der Waals surface area contributed by atoms with Crippen LogP contribution in [0.25, 0.3) is 0 Å². The fraction of sp³-hybridized carbons (Fsp3) is 0.214. The van der Waals surface area contributed by atoms with Gasteiger partial charge >= 0.3 is 0 Å². The summed E-state index contributed by atoms with van der Waals surface area (Å²) in [4.78, 5) is 30.3. The first-order chi connectivity index (χ1) is 11.1. The van der Waals surface area contributed by atoms with Crippen molar-refractivity contribution in [1.82, 2.24) is 9.97 Å². The van der Waals surface area contributed by atoms with Crippen molar-refractivity contribution in [3.8, 4) is 5.75 Å². The highest BCUT2D eigenvalue weighted by Gasteiger charge is 2.13. The third-order valence-corrected chi connectivity index (χ3v) is 3.65. The zero-order valence-corrected chi connectivity index (χ0v) is 13.1. The number of benzene rings is 1. The average Bonchev–Trinajstić information content (AvgIpc) is 2.55. The van der Waals surface area contributed by atoms with E-state index in [2.05, 4.69) is 15.3 Å². The fourth-order valence-electron chi connectivity index (χ4n) is 1.71. The number of aromatic nitrogens is 2. The molecule has 23 heavy (non-hydrogen) atoms. The zero-order chi connectivity index (χ0) is 16.7. The Morgan fingerprint density at radius 2 is 2.13 bits per heavy atom. The molecule has 0 saturated heterocycles. The normalized spacial score (nSPS) is 10.1. The number of anilines is 1. The molecule has 0 saturated carbocycles. The van der Waals surface area contributed by atoms with E-state index in [1.54, 1.807) is 18.5 Å². The van der Waals surface area contributed by atoms with Gasteiger partial charge < -0.3 is 10.1 Å². The Morgan fingerprint density at radius 1 is 1.39 bits per heavy atom. The minimum atomic E-state index is -0.530. The molecule has 1 amide bonds. The van der Waals surface area contributed by atoms with E-state index < -0.39 is 4.92 Å². The van der Waals surface area contributed by atoms with Crippen LogP contribution in [0.1, 0.15) is 6.42 Å². The van der Waals surface area contributed by atoms with Gasteiger partial charge in [0.2, 0.25) is 5.91 Å². The third kappa shape index (κ3) is 4.92. The van der Waals surface area contributed by atoms with Crippen LogP contribution >= 0.6 is 11.8 Å². The molecule has 2 rings (SSSR count). The summed E-state index contributed by atoms with van der Waals surface area (Å²) in [6.45, 7) is 0. The van der Waals surface area contributed by atoms with Crippen LogP contribution in [0.3, 0.4) is 0 Å². The van der Waals surface area contributed by atoms with Crippen LogP contribution in [0.5, 0.6) is 5.75 Å². The Morgan fingerprint density at radius 3 is 2.78 bits per heavy atom. The number of nitro benzene ring substituents is 1. The summed E-state index contributed by atoms with van der Waals surface area (Å²) in [5, 5.41) is 14.0. The van der Waals surface area contributed by atoms with Crippen molar-refractivity contribution in [1.29, 1.82) is 0 Å². The van der Waals surface area contributed by atoms with Crippen LogP contribution in [0.2, 0.25) is 0 Å². The van der Waals surface area contributed by atoms with E-state index in [0.29, 0.717) is 16.7 Å². The van der Waals surface area contributed by atoms with Crippen LogP contribution in [0.4, 0.5) is 11.4 Å². The molecule has 0 atom stereocenters. The number of non-ortho nitro benzene ring substituents is 1. The molecular weight excluding hydrogens is 320 g/mol. The van der Waals surface area contributed by atoms with Gasteiger partial charge in [-0.05, 0) is 12.1 Å². The quantitative estimate of drug-likeness (QED) is 0.359. The summed E-state index contributed by atoms with van der Waals surface area (Å²) in [6, 6.07) is 5.74. The molecule has 0 aliphatic rings. The molecule has 0 fully saturated rings. The van der Waals surface area contributed by atoms with Gasteiger partial charge in [0.25, 0.3) is 5.69 Å². The minimum Gasteiger partial charge on any atom is -0.495 e. The number of nitrogens with zero attached hydrogens (tertiary/aromatic N) is 3. The van der Waals surface area contributed by atoms with Gasteiger partial charge in [0, 0.05) is 36.7 Å². The molecule has 0 aliphatic heterocycles. The van der Waals surface area contributed by atoms with Gasteiger partial charge in [0.15, 0.2) is 5.16 Å². The summed E-state index contributed by atoms with van der Waals surface area (Å²) in [5.74, 6) is 0.586. The second-order valence-electron chi connectivity index (χ2n) is 4.32. The van der Waals surface area contributed by atoms with Gasteiger partial charge in [-0.2, -0.15) is 0 Å². The predicted octanol–water partition coefficient (Wildman–Crippen LogP) is 2.51. The molecule has 9 heteroatoms. The Bertz CT molecular complexity index is 696. The number of carbonyl (C=O) groups excluding carboxylic acids is 1. The van der Waals surface area contributed by atoms with E-state index in [0.717, 1.165) is 0 Å². The van der Waals surface area contributed by atoms with Crippen molar-refractivity contribution in [3.05, 3.63) is 46.8 Å². The van der Waals surface area contributed by atoms with Crippen LogP contribution < -0.4 is 10.1 Å². The maximum atomic E-state index is 12.0. The van der Waals surface area contributed by atoms with Crippen molar-refractivity contribution in [2.24, 2.45) is 0 Å². The Labute approximate surface area is 136 Å². The van der Waals surface area contributed by atoms with Gasteiger partial charge in [-0.1, -0.05) is 11.8 Å². The first-order valence-electron chi connectivity index (χ1n) is 6.62. The summed E-state index contributed by atoms with van der Waals surface area (Å²) in [6.07, 6.45) is 3.47. The largest absolute Gasteiger partial charge is 0.495 e. The van der Waals surface area contributed by atoms with Crippen molar-refractivity contribution in [2.75, 3.05) is 18.2 Å². The molecule has 1 aromatic carbocycles. The summed E-state index contributed by atoms with van der Waals surface area (Å²) >= 11 is 1.35. The standard InChI is InChI=1S/C14H14N4O4S/c1-22-12-4-3-10(18(20)21)9-11(12)17-13(19)5-8-23-14-15-6-2-7-16-14/h2-4,6-7,9H,5,8H2,1H3,(H,17,19). The van der Waals surface area contributed by atoms with Crippen molar-refractivity contribution in [2.45, 2.75) is 11.6 Å². The number of ether oxygens (including phenoxy) is 1. The second kappa shape index (κ2) is 8.08. The molecule has 0 unspecified atom stereocenters. The number of amides is 1. The van der Waals surface area contributed by atoms with Crippen molar-refractivity contribution < 1.29 is 14.5 Å². The highest BCUT2D eigenvalue weighted by Crippen LogP contribution is 2.29. The molecule has 120 valence electrons. The molecule has 8 nitrogen and oxygen atoms in total. The highest BCUT2D eigenvalue weighted by molar-refractivity contribution is 7.99. The molecule has 0 bridgehead atoms. The van der Waals surface area contributed by atoms with Gasteiger partial charge in [-0.15, -0.1) is 0 Å². The van der Waals surface area contributed by atoms with E-state index >= 15 is 0 Å². The lowest BCUT2D eigenvalue weighted by atomic mass is 10.2. The summed E-state index contributed by atoms with van der Waals surface area (Å²) in [5.41, 5.74) is 0.154. The molecule has 0 spiro atoms. The molecule has 2 aromatic rings. The smallest absolute Gasteiger partial charge is 0.271 e. The lowest BCUT2D eigenvalue weighted by molar-refractivity contribution is -0.384. The number of hydrogen-bond acceptors (Lipinski definition) is 7. The van der Waals surface area contributed by atoms with Gasteiger partial charge in [0.05, 0.1) is 17.7 Å². The topological polar surface area (TPSA) is 107 Å². The highest BCUT2D eigenvalue weighted by atomic mass is 32.2. The van der Waals surface area contributed by atoms with Crippen molar-refractivity contribution in [3.63, 3.8) is 0 Å².